The van der Waals surface area contributed by atoms with Crippen molar-refractivity contribution in [2.75, 3.05) is 13.2 Å². The van der Waals surface area contributed by atoms with E-state index in [0.29, 0.717) is 19.3 Å². The highest BCUT2D eigenvalue weighted by molar-refractivity contribution is 5.71. The molecule has 458 valence electrons. The standard InChI is InChI=1S/C73H130O6/c1-4-7-10-13-16-19-22-25-28-30-31-32-33-34-35-36-37-38-39-40-41-42-43-44-46-48-51-54-57-60-63-66-72(75)78-69-70(68-77-71(74)65-62-59-56-53-50-47-27-24-21-18-15-12-9-6-3)79-73(76)67-64-61-58-55-52-49-45-29-26-23-20-17-14-11-8-5-2/h7,10,16,19,24-25,27-28,31-32,34-35,70H,4-6,8-9,11-15,17-18,20-23,26,29-30,33,36-69H2,1-3H3/b10-7-,19-16-,27-24-,28-25-,32-31-,35-34-. The van der Waals surface area contributed by atoms with Crippen molar-refractivity contribution in [2.24, 2.45) is 0 Å². The monoisotopic (exact) mass is 1100 g/mol. The molecule has 0 spiro atoms. The Hall–Kier alpha value is -3.15. The van der Waals surface area contributed by atoms with E-state index in [1.54, 1.807) is 0 Å². The number of hydrogen-bond acceptors (Lipinski definition) is 6. The Labute approximate surface area is 491 Å². The summed E-state index contributed by atoms with van der Waals surface area (Å²) >= 11 is 0. The molecular formula is C73H130O6. The summed E-state index contributed by atoms with van der Waals surface area (Å²) in [5, 5.41) is 0. The molecule has 1 atom stereocenters. The van der Waals surface area contributed by atoms with E-state index in [4.69, 9.17) is 14.2 Å². The van der Waals surface area contributed by atoms with Crippen LogP contribution in [0.3, 0.4) is 0 Å². The zero-order chi connectivity index (χ0) is 57.1. The van der Waals surface area contributed by atoms with Gasteiger partial charge < -0.3 is 14.2 Å². The van der Waals surface area contributed by atoms with Crippen molar-refractivity contribution in [3.63, 3.8) is 0 Å². The van der Waals surface area contributed by atoms with E-state index in [-0.39, 0.29) is 31.1 Å². The molecule has 1 unspecified atom stereocenters. The van der Waals surface area contributed by atoms with Gasteiger partial charge in [0.25, 0.3) is 0 Å². The predicted octanol–water partition coefficient (Wildman–Crippen LogP) is 23.7. The molecule has 0 heterocycles. The maximum absolute atomic E-state index is 12.9. The average molecular weight is 1100 g/mol. The molecule has 0 N–H and O–H groups in total. The van der Waals surface area contributed by atoms with Crippen molar-refractivity contribution >= 4 is 17.9 Å². The van der Waals surface area contributed by atoms with Gasteiger partial charge >= 0.3 is 17.9 Å². The Kier molecular flexibility index (Phi) is 64.7. The van der Waals surface area contributed by atoms with E-state index in [1.165, 1.54) is 218 Å². The molecule has 79 heavy (non-hydrogen) atoms. The molecule has 0 aromatic rings. The molecule has 0 saturated heterocycles. The fourth-order valence-electron chi connectivity index (χ4n) is 10.1. The summed E-state index contributed by atoms with van der Waals surface area (Å²) in [6.07, 6.45) is 87.8. The summed E-state index contributed by atoms with van der Waals surface area (Å²) in [5.74, 6) is -0.860. The van der Waals surface area contributed by atoms with Gasteiger partial charge in [-0.05, 0) is 89.9 Å². The van der Waals surface area contributed by atoms with E-state index >= 15 is 0 Å². The summed E-state index contributed by atoms with van der Waals surface area (Å²) in [5.41, 5.74) is 0. The van der Waals surface area contributed by atoms with Crippen LogP contribution in [-0.4, -0.2) is 37.2 Å². The van der Waals surface area contributed by atoms with Gasteiger partial charge in [-0.25, -0.2) is 0 Å². The third kappa shape index (κ3) is 65.5. The van der Waals surface area contributed by atoms with E-state index < -0.39 is 6.10 Å². The maximum atomic E-state index is 12.9. The van der Waals surface area contributed by atoms with Gasteiger partial charge in [0.15, 0.2) is 6.10 Å². The van der Waals surface area contributed by atoms with Crippen molar-refractivity contribution in [3.05, 3.63) is 72.9 Å². The molecule has 0 saturated carbocycles. The number of ether oxygens (including phenoxy) is 3. The molecular weight excluding hydrogens is 973 g/mol. The Bertz CT molecular complexity index is 1450. The Morgan fingerprint density at radius 2 is 0.494 bits per heavy atom. The van der Waals surface area contributed by atoms with Crippen LogP contribution in [0.1, 0.15) is 355 Å². The van der Waals surface area contributed by atoms with Gasteiger partial charge in [-0.2, -0.15) is 0 Å². The van der Waals surface area contributed by atoms with Crippen LogP contribution in [-0.2, 0) is 28.6 Å². The van der Waals surface area contributed by atoms with Crippen molar-refractivity contribution < 1.29 is 28.6 Å². The molecule has 0 aliphatic heterocycles. The molecule has 0 aliphatic rings. The minimum Gasteiger partial charge on any atom is -0.462 e. The molecule has 0 rings (SSSR count). The first-order valence-corrected chi connectivity index (χ1v) is 34.4. The first-order chi connectivity index (χ1) is 39.0. The first kappa shape index (κ1) is 75.8. The lowest BCUT2D eigenvalue weighted by Crippen LogP contribution is -2.30. The van der Waals surface area contributed by atoms with Gasteiger partial charge in [0.1, 0.15) is 13.2 Å². The zero-order valence-electron chi connectivity index (χ0n) is 52.6. The van der Waals surface area contributed by atoms with Gasteiger partial charge in [0, 0.05) is 19.3 Å². The lowest BCUT2D eigenvalue weighted by Gasteiger charge is -2.18. The van der Waals surface area contributed by atoms with Crippen LogP contribution in [0.25, 0.3) is 0 Å². The normalized spacial score (nSPS) is 12.5. The number of carbonyl (C=O) groups excluding carboxylic acids is 3. The highest BCUT2D eigenvalue weighted by Gasteiger charge is 2.19. The molecule has 6 heteroatoms. The maximum Gasteiger partial charge on any atom is 0.306 e. The highest BCUT2D eigenvalue weighted by Crippen LogP contribution is 2.18. The second-order valence-corrected chi connectivity index (χ2v) is 23.1. The molecule has 0 aromatic heterocycles. The third-order valence-corrected chi connectivity index (χ3v) is 15.2. The lowest BCUT2D eigenvalue weighted by atomic mass is 10.0. The number of unbranched alkanes of at least 4 members (excludes halogenated alkanes) is 40. The third-order valence-electron chi connectivity index (χ3n) is 15.2. The van der Waals surface area contributed by atoms with Crippen LogP contribution in [0.2, 0.25) is 0 Å². The van der Waals surface area contributed by atoms with E-state index in [0.717, 1.165) is 96.3 Å². The van der Waals surface area contributed by atoms with Crippen LogP contribution in [0.4, 0.5) is 0 Å². The quantitative estimate of drug-likeness (QED) is 0.0261. The van der Waals surface area contributed by atoms with Crippen LogP contribution in [0, 0.1) is 0 Å². The first-order valence-electron chi connectivity index (χ1n) is 34.4. The number of carbonyl (C=O) groups is 3. The Balaban J connectivity index is 4.20. The van der Waals surface area contributed by atoms with Gasteiger partial charge in [-0.15, -0.1) is 0 Å². The van der Waals surface area contributed by atoms with Crippen molar-refractivity contribution in [1.82, 2.24) is 0 Å². The van der Waals surface area contributed by atoms with Crippen LogP contribution in [0.5, 0.6) is 0 Å². The zero-order valence-corrected chi connectivity index (χ0v) is 52.6. The number of esters is 3. The fourth-order valence-corrected chi connectivity index (χ4v) is 10.1. The van der Waals surface area contributed by atoms with Crippen LogP contribution < -0.4 is 0 Å². The van der Waals surface area contributed by atoms with Crippen molar-refractivity contribution in [3.8, 4) is 0 Å². The highest BCUT2D eigenvalue weighted by atomic mass is 16.6. The van der Waals surface area contributed by atoms with E-state index in [2.05, 4.69) is 93.7 Å². The summed E-state index contributed by atoms with van der Waals surface area (Å²) in [6, 6.07) is 0. The molecule has 6 nitrogen and oxygen atoms in total. The van der Waals surface area contributed by atoms with E-state index in [9.17, 15) is 14.4 Å². The summed E-state index contributed by atoms with van der Waals surface area (Å²) in [6.45, 7) is 6.56. The average Bonchev–Trinajstić information content (AvgIpc) is 3.45. The minimum absolute atomic E-state index is 0.0729. The topological polar surface area (TPSA) is 78.9 Å². The molecule has 0 bridgehead atoms. The Morgan fingerprint density at radius 3 is 0.785 bits per heavy atom. The smallest absolute Gasteiger partial charge is 0.306 e. The van der Waals surface area contributed by atoms with Crippen LogP contribution >= 0.6 is 0 Å². The SMILES string of the molecule is CC/C=C\C/C=C\C/C=C\C/C=C\C/C=C\CCCCCCCCCCCCCCCCCC(=O)OCC(COC(=O)CCCCCCC/C=C\CCCCCCC)OC(=O)CCCCCCCCCCCCCCCCCC. The van der Waals surface area contributed by atoms with Gasteiger partial charge in [-0.3, -0.25) is 14.4 Å². The number of hydrogen-bond donors (Lipinski definition) is 0. The second kappa shape index (κ2) is 67.4. The fraction of sp³-hybridized carbons (Fsp3) is 0.795. The minimum atomic E-state index is -0.776. The number of allylic oxidation sites excluding steroid dienone is 12. The summed E-state index contributed by atoms with van der Waals surface area (Å²) in [7, 11) is 0. The Morgan fingerprint density at radius 1 is 0.266 bits per heavy atom. The summed E-state index contributed by atoms with van der Waals surface area (Å²) < 4.78 is 17.0. The summed E-state index contributed by atoms with van der Waals surface area (Å²) in [4.78, 5) is 38.4. The largest absolute Gasteiger partial charge is 0.462 e. The van der Waals surface area contributed by atoms with Gasteiger partial charge in [0.2, 0.25) is 0 Å². The molecule has 0 fully saturated rings. The van der Waals surface area contributed by atoms with Crippen molar-refractivity contribution in [2.45, 2.75) is 361 Å². The van der Waals surface area contributed by atoms with E-state index in [1.807, 2.05) is 0 Å². The van der Waals surface area contributed by atoms with Gasteiger partial charge in [0.05, 0.1) is 0 Å². The number of rotatable bonds is 63. The van der Waals surface area contributed by atoms with Gasteiger partial charge in [-0.1, -0.05) is 318 Å². The molecule has 0 amide bonds. The van der Waals surface area contributed by atoms with Crippen LogP contribution in [0.15, 0.2) is 72.9 Å². The second-order valence-electron chi connectivity index (χ2n) is 23.1. The lowest BCUT2D eigenvalue weighted by molar-refractivity contribution is -0.167. The molecule has 0 aliphatic carbocycles. The van der Waals surface area contributed by atoms with Crippen molar-refractivity contribution in [1.29, 1.82) is 0 Å². The molecule has 0 aromatic carbocycles. The predicted molar refractivity (Wildman–Crippen MR) is 344 cm³/mol. The molecule has 0 radical (unpaired) electrons.